The van der Waals surface area contributed by atoms with Crippen LogP contribution < -0.4 is 5.32 Å². The van der Waals surface area contributed by atoms with Gasteiger partial charge >= 0.3 is 5.97 Å². The lowest BCUT2D eigenvalue weighted by molar-refractivity contribution is -0.157. The van der Waals surface area contributed by atoms with Crippen LogP contribution in [0.3, 0.4) is 0 Å². The molecule has 6 heteroatoms. The molecule has 1 saturated carbocycles. The van der Waals surface area contributed by atoms with E-state index in [0.29, 0.717) is 19.4 Å². The number of amides is 1. The molecular weight excluding hydrogens is 288 g/mol. The molecule has 0 aliphatic heterocycles. The summed E-state index contributed by atoms with van der Waals surface area (Å²) in [5.41, 5.74) is 0.0882. The number of carboxylic acid groups (broad SMARTS) is 1. The molecule has 0 bridgehead atoms. The van der Waals surface area contributed by atoms with E-state index >= 15 is 0 Å². The smallest absolute Gasteiger partial charge is 0.310 e. The summed E-state index contributed by atoms with van der Waals surface area (Å²) in [5, 5.41) is 12.8. The zero-order valence-corrected chi connectivity index (χ0v) is 12.3. The van der Waals surface area contributed by atoms with Crippen molar-refractivity contribution in [3.8, 4) is 0 Å². The highest BCUT2D eigenvalue weighted by Gasteiger charge is 2.45. The van der Waals surface area contributed by atoms with E-state index in [1.807, 2.05) is 24.3 Å². The van der Waals surface area contributed by atoms with Crippen LogP contribution in [0.15, 0.2) is 24.3 Å². The van der Waals surface area contributed by atoms with Crippen molar-refractivity contribution in [1.29, 1.82) is 0 Å². The molecule has 0 radical (unpaired) electrons. The van der Waals surface area contributed by atoms with Crippen molar-refractivity contribution in [2.75, 3.05) is 0 Å². The molecule has 1 aromatic carbocycles. The number of aliphatic carboxylic acids is 1. The van der Waals surface area contributed by atoms with Crippen molar-refractivity contribution in [3.05, 3.63) is 29.3 Å². The molecule has 0 atom stereocenters. The van der Waals surface area contributed by atoms with Crippen LogP contribution in [0.2, 0.25) is 0 Å². The van der Waals surface area contributed by atoms with E-state index in [9.17, 15) is 14.7 Å². The molecule has 110 valence electrons. The molecule has 1 heterocycles. The minimum atomic E-state index is -0.858. The van der Waals surface area contributed by atoms with Crippen LogP contribution in [-0.2, 0) is 16.1 Å². The first-order valence-corrected chi connectivity index (χ1v) is 7.75. The number of hydrogen-bond acceptors (Lipinski definition) is 4. The minimum absolute atomic E-state index is 0.0627. The van der Waals surface area contributed by atoms with Gasteiger partial charge in [0, 0.05) is 6.42 Å². The second-order valence-electron chi connectivity index (χ2n) is 5.47. The lowest BCUT2D eigenvalue weighted by Crippen LogP contribution is -2.42. The number of nitrogens with one attached hydrogen (secondary N) is 1. The van der Waals surface area contributed by atoms with Gasteiger partial charge < -0.3 is 10.4 Å². The quantitative estimate of drug-likeness (QED) is 0.889. The van der Waals surface area contributed by atoms with E-state index < -0.39 is 11.4 Å². The Morgan fingerprint density at radius 3 is 2.71 bits per heavy atom. The molecule has 0 spiro atoms. The van der Waals surface area contributed by atoms with Crippen LogP contribution in [-0.4, -0.2) is 22.0 Å². The van der Waals surface area contributed by atoms with E-state index in [1.165, 1.54) is 0 Å². The molecule has 21 heavy (non-hydrogen) atoms. The normalized spacial score (nSPS) is 16.4. The average molecular weight is 304 g/mol. The van der Waals surface area contributed by atoms with Gasteiger partial charge in [0.2, 0.25) is 5.91 Å². The number of carbonyl (C=O) groups excluding carboxylic acids is 1. The third-order valence-electron chi connectivity index (χ3n) is 4.04. The molecule has 1 fully saturated rings. The molecule has 0 unspecified atom stereocenters. The van der Waals surface area contributed by atoms with Crippen molar-refractivity contribution in [2.45, 2.75) is 32.2 Å². The summed E-state index contributed by atoms with van der Waals surface area (Å²) < 4.78 is 1.09. The van der Waals surface area contributed by atoms with Gasteiger partial charge in [0.15, 0.2) is 0 Å². The Hall–Kier alpha value is -1.95. The number of para-hydroxylation sites is 1. The monoisotopic (exact) mass is 304 g/mol. The number of carboxylic acids is 1. The molecule has 1 aromatic heterocycles. The van der Waals surface area contributed by atoms with Crippen molar-refractivity contribution in [2.24, 2.45) is 5.41 Å². The van der Waals surface area contributed by atoms with Crippen LogP contribution in [0.4, 0.5) is 0 Å². The van der Waals surface area contributed by atoms with Gasteiger partial charge in [-0.15, -0.1) is 11.3 Å². The first kappa shape index (κ1) is 14.0. The molecule has 0 saturated heterocycles. The van der Waals surface area contributed by atoms with E-state index in [0.717, 1.165) is 21.6 Å². The fourth-order valence-corrected chi connectivity index (χ4v) is 3.52. The van der Waals surface area contributed by atoms with E-state index in [-0.39, 0.29) is 12.3 Å². The number of carbonyl (C=O) groups is 2. The first-order chi connectivity index (χ1) is 10.1. The largest absolute Gasteiger partial charge is 0.481 e. The van der Waals surface area contributed by atoms with Gasteiger partial charge in [-0.25, -0.2) is 4.98 Å². The van der Waals surface area contributed by atoms with Crippen molar-refractivity contribution in [1.82, 2.24) is 10.3 Å². The molecule has 5 nitrogen and oxygen atoms in total. The van der Waals surface area contributed by atoms with E-state index in [1.54, 1.807) is 11.3 Å². The fraction of sp³-hybridized carbons (Fsp3) is 0.400. The SMILES string of the molecule is O=C(CC1(C(=O)O)CCC1)NCc1nc2ccccc2s1. The lowest BCUT2D eigenvalue weighted by Gasteiger charge is -2.36. The van der Waals surface area contributed by atoms with Gasteiger partial charge in [-0.3, -0.25) is 9.59 Å². The summed E-state index contributed by atoms with van der Waals surface area (Å²) in [6, 6.07) is 7.81. The van der Waals surface area contributed by atoms with Gasteiger partial charge in [0.1, 0.15) is 5.01 Å². The first-order valence-electron chi connectivity index (χ1n) is 6.94. The standard InChI is InChI=1S/C15H16N2O3S/c18-12(8-15(14(19)20)6-3-7-15)16-9-13-17-10-4-1-2-5-11(10)21-13/h1-2,4-5H,3,6-9H2,(H,16,18)(H,19,20). The number of benzene rings is 1. The van der Waals surface area contributed by atoms with Crippen LogP contribution in [0.25, 0.3) is 10.2 Å². The van der Waals surface area contributed by atoms with Crippen LogP contribution >= 0.6 is 11.3 Å². The number of aromatic nitrogens is 1. The Balaban J connectivity index is 1.59. The Morgan fingerprint density at radius 1 is 1.33 bits per heavy atom. The summed E-state index contributed by atoms with van der Waals surface area (Å²) in [6.07, 6.45) is 2.14. The average Bonchev–Trinajstić information content (AvgIpc) is 2.83. The number of hydrogen-bond donors (Lipinski definition) is 2. The van der Waals surface area contributed by atoms with Crippen LogP contribution in [0.1, 0.15) is 30.7 Å². The summed E-state index contributed by atoms with van der Waals surface area (Å²) in [4.78, 5) is 27.6. The Morgan fingerprint density at radius 2 is 2.10 bits per heavy atom. The number of fused-ring (bicyclic) bond motifs is 1. The zero-order valence-electron chi connectivity index (χ0n) is 11.5. The number of thiazole rings is 1. The maximum Gasteiger partial charge on any atom is 0.310 e. The predicted molar refractivity (Wildman–Crippen MR) is 80.0 cm³/mol. The summed E-state index contributed by atoms with van der Waals surface area (Å²) in [6.45, 7) is 0.355. The second-order valence-corrected chi connectivity index (χ2v) is 6.58. The molecule has 1 aliphatic carbocycles. The topological polar surface area (TPSA) is 79.3 Å². The third-order valence-corrected chi connectivity index (χ3v) is 5.07. The fourth-order valence-electron chi connectivity index (χ4n) is 2.61. The highest BCUT2D eigenvalue weighted by Crippen LogP contribution is 2.44. The summed E-state index contributed by atoms with van der Waals surface area (Å²) >= 11 is 1.54. The molecule has 1 amide bonds. The van der Waals surface area contributed by atoms with Gasteiger partial charge in [0.05, 0.1) is 22.2 Å². The molecule has 3 rings (SSSR count). The molecule has 2 N–H and O–H groups in total. The van der Waals surface area contributed by atoms with Crippen molar-refractivity contribution >= 4 is 33.4 Å². The van der Waals surface area contributed by atoms with Gasteiger partial charge in [-0.05, 0) is 25.0 Å². The molecular formula is C15H16N2O3S. The Kier molecular flexibility index (Phi) is 3.63. The number of rotatable bonds is 5. The van der Waals surface area contributed by atoms with Gasteiger partial charge in [0.25, 0.3) is 0 Å². The summed E-state index contributed by atoms with van der Waals surface area (Å²) in [7, 11) is 0. The summed E-state index contributed by atoms with van der Waals surface area (Å²) in [5.74, 6) is -1.07. The van der Waals surface area contributed by atoms with Gasteiger partial charge in [-0.2, -0.15) is 0 Å². The lowest BCUT2D eigenvalue weighted by atomic mass is 9.66. The van der Waals surface area contributed by atoms with Crippen molar-refractivity contribution < 1.29 is 14.7 Å². The number of nitrogens with zero attached hydrogens (tertiary/aromatic N) is 1. The minimum Gasteiger partial charge on any atom is -0.481 e. The van der Waals surface area contributed by atoms with Crippen LogP contribution in [0.5, 0.6) is 0 Å². The maximum absolute atomic E-state index is 11.9. The van der Waals surface area contributed by atoms with Crippen molar-refractivity contribution in [3.63, 3.8) is 0 Å². The predicted octanol–water partition coefficient (Wildman–Crippen LogP) is 2.56. The highest BCUT2D eigenvalue weighted by molar-refractivity contribution is 7.18. The third kappa shape index (κ3) is 2.76. The van der Waals surface area contributed by atoms with E-state index in [2.05, 4.69) is 10.3 Å². The Bertz CT molecular complexity index is 658. The zero-order chi connectivity index (χ0) is 14.9. The van der Waals surface area contributed by atoms with Crippen LogP contribution in [0, 0.1) is 5.41 Å². The molecule has 2 aromatic rings. The second kappa shape index (κ2) is 5.44. The molecule has 1 aliphatic rings. The Labute approximate surface area is 126 Å². The maximum atomic E-state index is 11.9. The van der Waals surface area contributed by atoms with Gasteiger partial charge in [-0.1, -0.05) is 18.6 Å². The van der Waals surface area contributed by atoms with E-state index in [4.69, 9.17) is 0 Å². The highest BCUT2D eigenvalue weighted by atomic mass is 32.1.